The van der Waals surface area contributed by atoms with Crippen LogP contribution in [0.2, 0.25) is 5.02 Å². The smallest absolute Gasteiger partial charge is 0.359 e. The summed E-state index contributed by atoms with van der Waals surface area (Å²) in [6.45, 7) is 2.29. The molecule has 0 spiro atoms. The largest absolute Gasteiger partial charge is 0.451 e. The van der Waals surface area contributed by atoms with E-state index in [1.165, 1.54) is 16.8 Å². The second kappa shape index (κ2) is 9.72. The maximum Gasteiger partial charge on any atom is 0.359 e. The summed E-state index contributed by atoms with van der Waals surface area (Å²) in [5, 5.41) is 7.24. The minimum atomic E-state index is -0.750. The highest BCUT2D eigenvalue weighted by atomic mass is 35.5. The zero-order chi connectivity index (χ0) is 18.9. The molecule has 0 aliphatic rings. The molecule has 1 heterocycles. The number of nitrogens with zero attached hydrogens (tertiary/aromatic N) is 2. The van der Waals surface area contributed by atoms with Gasteiger partial charge in [-0.05, 0) is 36.6 Å². The lowest BCUT2D eigenvalue weighted by molar-refractivity contribution is -0.124. The van der Waals surface area contributed by atoms with E-state index >= 15 is 0 Å². The molecule has 0 fully saturated rings. The minimum absolute atomic E-state index is 0.00947. The Morgan fingerprint density at radius 2 is 2.08 bits per heavy atom. The summed E-state index contributed by atoms with van der Waals surface area (Å²) in [7, 11) is 0. The Bertz CT molecular complexity index is 835. The van der Waals surface area contributed by atoms with Gasteiger partial charge in [0.05, 0.1) is 0 Å². The Hall–Kier alpha value is -2.67. The van der Waals surface area contributed by atoms with Crippen molar-refractivity contribution in [1.29, 1.82) is 0 Å². The number of halogens is 1. The first-order chi connectivity index (χ1) is 12.5. The molecule has 1 aromatic heterocycles. The standard InChI is InChI=1S/C18H20ClN3O4/c1-2-10-22-17(24)7-6-15(21-22)18(25)26-12-16(23)20-9-8-13-4-3-5-14(19)11-13/h3-7,11H,2,8-10,12H2,1H3,(H,20,23). The number of hydrogen-bond donors (Lipinski definition) is 1. The maximum absolute atomic E-state index is 12.0. The highest BCUT2D eigenvalue weighted by molar-refractivity contribution is 6.30. The topological polar surface area (TPSA) is 90.3 Å². The van der Waals surface area contributed by atoms with Gasteiger partial charge in [-0.25, -0.2) is 9.48 Å². The van der Waals surface area contributed by atoms with Crippen LogP contribution in [0.5, 0.6) is 0 Å². The van der Waals surface area contributed by atoms with E-state index in [1.807, 2.05) is 25.1 Å². The van der Waals surface area contributed by atoms with Gasteiger partial charge in [-0.1, -0.05) is 30.7 Å². The van der Waals surface area contributed by atoms with Crippen LogP contribution in [0.3, 0.4) is 0 Å². The van der Waals surface area contributed by atoms with Gasteiger partial charge in [-0.2, -0.15) is 5.10 Å². The van der Waals surface area contributed by atoms with E-state index in [0.717, 1.165) is 5.56 Å². The number of carbonyl (C=O) groups excluding carboxylic acids is 2. The fourth-order valence-corrected chi connectivity index (χ4v) is 2.44. The molecule has 0 radical (unpaired) electrons. The highest BCUT2D eigenvalue weighted by Gasteiger charge is 2.13. The molecular formula is C18H20ClN3O4. The van der Waals surface area contributed by atoms with Crippen LogP contribution in [-0.2, 0) is 22.5 Å². The highest BCUT2D eigenvalue weighted by Crippen LogP contribution is 2.10. The van der Waals surface area contributed by atoms with Crippen LogP contribution in [0.25, 0.3) is 0 Å². The molecule has 8 heteroatoms. The number of benzene rings is 1. The third kappa shape index (κ3) is 6.00. The summed E-state index contributed by atoms with van der Waals surface area (Å²) in [6, 6.07) is 9.89. The lowest BCUT2D eigenvalue weighted by Crippen LogP contribution is -2.31. The van der Waals surface area contributed by atoms with Crippen molar-refractivity contribution in [3.05, 3.63) is 63.0 Å². The zero-order valence-electron chi connectivity index (χ0n) is 14.4. The molecule has 0 unspecified atom stereocenters. The van der Waals surface area contributed by atoms with Crippen LogP contribution in [0.4, 0.5) is 0 Å². The van der Waals surface area contributed by atoms with Crippen molar-refractivity contribution in [1.82, 2.24) is 15.1 Å². The minimum Gasteiger partial charge on any atom is -0.451 e. The van der Waals surface area contributed by atoms with Gasteiger partial charge in [-0.3, -0.25) is 9.59 Å². The Balaban J connectivity index is 1.78. The van der Waals surface area contributed by atoms with Crippen LogP contribution < -0.4 is 10.9 Å². The van der Waals surface area contributed by atoms with E-state index in [-0.39, 0.29) is 11.3 Å². The summed E-state index contributed by atoms with van der Waals surface area (Å²) in [5.41, 5.74) is 0.698. The normalized spacial score (nSPS) is 10.4. The van der Waals surface area contributed by atoms with Crippen LogP contribution in [0.1, 0.15) is 29.4 Å². The second-order valence-corrected chi connectivity index (χ2v) is 6.02. The zero-order valence-corrected chi connectivity index (χ0v) is 15.2. The molecule has 0 aliphatic heterocycles. The van der Waals surface area contributed by atoms with E-state index < -0.39 is 18.5 Å². The Labute approximate surface area is 155 Å². The molecule has 0 aliphatic carbocycles. The molecule has 0 atom stereocenters. The summed E-state index contributed by atoms with van der Waals surface area (Å²) in [5.74, 6) is -1.16. The Kier molecular flexibility index (Phi) is 7.35. The number of hydrogen-bond acceptors (Lipinski definition) is 5. The average molecular weight is 378 g/mol. The third-order valence-electron chi connectivity index (χ3n) is 3.47. The quantitative estimate of drug-likeness (QED) is 0.709. The predicted molar refractivity (Wildman–Crippen MR) is 97.2 cm³/mol. The number of rotatable bonds is 8. The predicted octanol–water partition coefficient (Wildman–Crippen LogP) is 1.82. The fourth-order valence-electron chi connectivity index (χ4n) is 2.22. The van der Waals surface area contributed by atoms with Crippen LogP contribution >= 0.6 is 11.6 Å². The second-order valence-electron chi connectivity index (χ2n) is 5.59. The van der Waals surface area contributed by atoms with Gasteiger partial charge in [0.1, 0.15) is 0 Å². The number of carbonyl (C=O) groups is 2. The molecule has 2 aromatic rings. The van der Waals surface area contributed by atoms with Gasteiger partial charge < -0.3 is 10.1 Å². The fraction of sp³-hybridized carbons (Fsp3) is 0.333. The summed E-state index contributed by atoms with van der Waals surface area (Å²) in [4.78, 5) is 35.3. The first kappa shape index (κ1) is 19.7. The number of aryl methyl sites for hydroxylation is 1. The van der Waals surface area contributed by atoms with Crippen molar-refractivity contribution in [3.63, 3.8) is 0 Å². The maximum atomic E-state index is 12.0. The van der Waals surface area contributed by atoms with Gasteiger partial charge in [0.2, 0.25) is 0 Å². The Morgan fingerprint density at radius 3 is 2.81 bits per heavy atom. The van der Waals surface area contributed by atoms with Gasteiger partial charge in [0.25, 0.3) is 11.5 Å². The van der Waals surface area contributed by atoms with Crippen molar-refractivity contribution >= 4 is 23.5 Å². The van der Waals surface area contributed by atoms with Crippen molar-refractivity contribution in [2.75, 3.05) is 13.2 Å². The molecule has 1 amide bonds. The molecule has 26 heavy (non-hydrogen) atoms. The van der Waals surface area contributed by atoms with Gasteiger partial charge in [-0.15, -0.1) is 0 Å². The number of aromatic nitrogens is 2. The molecule has 1 N–H and O–H groups in total. The molecule has 1 aromatic carbocycles. The molecule has 2 rings (SSSR count). The van der Waals surface area contributed by atoms with Crippen molar-refractivity contribution in [3.8, 4) is 0 Å². The molecule has 7 nitrogen and oxygen atoms in total. The van der Waals surface area contributed by atoms with E-state index in [0.29, 0.717) is 31.0 Å². The van der Waals surface area contributed by atoms with Crippen LogP contribution in [0, 0.1) is 0 Å². The summed E-state index contributed by atoms with van der Waals surface area (Å²) < 4.78 is 6.13. The van der Waals surface area contributed by atoms with Crippen LogP contribution in [-0.4, -0.2) is 34.8 Å². The van der Waals surface area contributed by atoms with Crippen LogP contribution in [0.15, 0.2) is 41.2 Å². The Morgan fingerprint density at radius 1 is 1.27 bits per heavy atom. The summed E-state index contributed by atoms with van der Waals surface area (Å²) >= 11 is 5.90. The lowest BCUT2D eigenvalue weighted by Gasteiger charge is -2.08. The van der Waals surface area contributed by atoms with Crippen molar-refractivity contribution in [2.45, 2.75) is 26.3 Å². The molecule has 0 saturated heterocycles. The summed E-state index contributed by atoms with van der Waals surface area (Å²) in [6.07, 6.45) is 1.32. The van der Waals surface area contributed by atoms with Crippen molar-refractivity contribution in [2.24, 2.45) is 0 Å². The monoisotopic (exact) mass is 377 g/mol. The first-order valence-electron chi connectivity index (χ1n) is 8.26. The van der Waals surface area contributed by atoms with E-state index in [1.54, 1.807) is 6.07 Å². The molecule has 138 valence electrons. The lowest BCUT2D eigenvalue weighted by atomic mass is 10.1. The van der Waals surface area contributed by atoms with E-state index in [2.05, 4.69) is 10.4 Å². The molecular weight excluding hydrogens is 358 g/mol. The van der Waals surface area contributed by atoms with Gasteiger partial charge in [0, 0.05) is 24.2 Å². The molecule has 0 saturated carbocycles. The number of ether oxygens (including phenoxy) is 1. The van der Waals surface area contributed by atoms with E-state index in [4.69, 9.17) is 16.3 Å². The van der Waals surface area contributed by atoms with Crippen molar-refractivity contribution < 1.29 is 14.3 Å². The average Bonchev–Trinajstić information content (AvgIpc) is 2.62. The SMILES string of the molecule is CCCn1nc(C(=O)OCC(=O)NCCc2cccc(Cl)c2)ccc1=O. The van der Waals surface area contributed by atoms with Gasteiger partial charge in [0.15, 0.2) is 12.3 Å². The van der Waals surface area contributed by atoms with Gasteiger partial charge >= 0.3 is 5.97 Å². The first-order valence-corrected chi connectivity index (χ1v) is 8.64. The molecule has 0 bridgehead atoms. The third-order valence-corrected chi connectivity index (χ3v) is 3.71. The number of nitrogens with one attached hydrogen (secondary N) is 1. The van der Waals surface area contributed by atoms with E-state index in [9.17, 15) is 14.4 Å². The number of amides is 1. The number of esters is 1.